The van der Waals surface area contributed by atoms with E-state index in [2.05, 4.69) is 82.0 Å². The highest BCUT2D eigenvalue weighted by Crippen LogP contribution is 2.52. The van der Waals surface area contributed by atoms with Gasteiger partial charge in [0.05, 0.1) is 7.05 Å². The summed E-state index contributed by atoms with van der Waals surface area (Å²) < 4.78 is 6.43. The molecule has 0 unspecified atom stereocenters. The van der Waals surface area contributed by atoms with Gasteiger partial charge in [0.1, 0.15) is 10.4 Å². The van der Waals surface area contributed by atoms with Crippen LogP contribution in [-0.2, 0) is 12.6 Å². The van der Waals surface area contributed by atoms with Crippen LogP contribution >= 0.6 is 11.3 Å². The molecule has 0 amide bonds. The molecule has 0 aliphatic carbocycles. The summed E-state index contributed by atoms with van der Waals surface area (Å²) in [4.78, 5) is 1.43. The van der Waals surface area contributed by atoms with Gasteiger partial charge >= 0.3 is 5.82 Å². The number of aryl methyl sites for hydroxylation is 3. The molecule has 0 saturated carbocycles. The van der Waals surface area contributed by atoms with Gasteiger partial charge in [0, 0.05) is 26.8 Å². The smallest absolute Gasteiger partial charge is 0.225 e. The maximum Gasteiger partial charge on any atom is 0.301 e. The lowest BCUT2D eigenvalue weighted by Crippen LogP contribution is -2.30. The first-order valence-electron chi connectivity index (χ1n) is 9.30. The summed E-state index contributed by atoms with van der Waals surface area (Å²) in [5.74, 6) is 1.36. The fraction of sp³-hybridized carbons (Fsp3) is 0.375. The minimum atomic E-state index is -0.0529. The minimum Gasteiger partial charge on any atom is -0.225 e. The second-order valence-corrected chi connectivity index (χ2v) is 9.33. The third kappa shape index (κ3) is 1.93. The molecule has 0 bridgehead atoms. The number of fused-ring (bicyclic) bond motifs is 7. The lowest BCUT2D eigenvalue weighted by atomic mass is 9.92. The highest BCUT2D eigenvalue weighted by atomic mass is 32.1. The van der Waals surface area contributed by atoms with E-state index in [-0.39, 0.29) is 13.0 Å². The first-order chi connectivity index (χ1) is 12.3. The number of imidazole rings is 1. The maximum absolute atomic E-state index is 2.60. The van der Waals surface area contributed by atoms with Crippen LogP contribution in [0.2, 0.25) is 0 Å². The van der Waals surface area contributed by atoms with Crippen LogP contribution in [-0.4, -0.2) is 4.57 Å². The zero-order valence-corrected chi connectivity index (χ0v) is 17.4. The number of hydrogen-bond acceptors (Lipinski definition) is 1. The van der Waals surface area contributed by atoms with Gasteiger partial charge in [0.15, 0.2) is 11.0 Å². The van der Waals surface area contributed by atoms with Crippen molar-refractivity contribution in [1.82, 2.24) is 4.57 Å². The van der Waals surface area contributed by atoms with Gasteiger partial charge in [-0.05, 0) is 58.7 Å². The van der Waals surface area contributed by atoms with Gasteiger partial charge in [0.2, 0.25) is 0 Å². The van der Waals surface area contributed by atoms with Crippen molar-refractivity contribution in [2.24, 2.45) is 7.05 Å². The van der Waals surface area contributed by atoms with Gasteiger partial charge in [-0.1, -0.05) is 25.6 Å². The summed E-state index contributed by atoms with van der Waals surface area (Å²) in [5, 5.41) is 1.41. The third-order valence-electron chi connectivity index (χ3n) is 6.68. The molecule has 0 fully saturated rings. The van der Waals surface area contributed by atoms with Crippen molar-refractivity contribution in [3.05, 3.63) is 52.1 Å². The topological polar surface area (TPSA) is 8.81 Å². The number of nitrogens with zero attached hydrogens (tertiary/aromatic N) is 2. The summed E-state index contributed by atoms with van der Waals surface area (Å²) in [6.07, 6.45) is 0. The zero-order chi connectivity index (χ0) is 18.5. The Labute approximate surface area is 166 Å². The molecule has 1 aliphatic heterocycles. The minimum absolute atomic E-state index is 0. The molecule has 2 nitrogen and oxygen atoms in total. The van der Waals surface area contributed by atoms with E-state index in [4.69, 9.17) is 0 Å². The average molecular weight is 378 g/mol. The van der Waals surface area contributed by atoms with Crippen LogP contribution in [0.25, 0.3) is 31.8 Å². The van der Waals surface area contributed by atoms with E-state index >= 15 is 0 Å². The number of thiophene rings is 1. The fourth-order valence-corrected chi connectivity index (χ4v) is 6.47. The van der Waals surface area contributed by atoms with E-state index in [1.165, 1.54) is 59.6 Å². The zero-order valence-electron chi connectivity index (χ0n) is 16.6. The van der Waals surface area contributed by atoms with Crippen molar-refractivity contribution in [3.8, 4) is 10.7 Å². The largest absolute Gasteiger partial charge is 0.301 e. The maximum atomic E-state index is 2.60. The Morgan fingerprint density at radius 1 is 0.926 bits per heavy atom. The van der Waals surface area contributed by atoms with Gasteiger partial charge in [-0.25, -0.2) is 9.13 Å². The molecule has 3 heterocycles. The molecular weight excluding hydrogens is 348 g/mol. The van der Waals surface area contributed by atoms with Gasteiger partial charge in [0.25, 0.3) is 0 Å². The molecule has 0 saturated heterocycles. The molecule has 0 spiro atoms. The Morgan fingerprint density at radius 2 is 1.56 bits per heavy atom. The third-order valence-corrected chi connectivity index (χ3v) is 7.85. The fourth-order valence-electron chi connectivity index (χ4n) is 5.04. The SMILES string of the molecule is C.Cc1c(C)c(C)c2c(c1C)n1c([n+]2C)-c2sc3ccccc3c2C1(C)C. The van der Waals surface area contributed by atoms with Crippen molar-refractivity contribution in [2.75, 3.05) is 0 Å². The molecule has 27 heavy (non-hydrogen) atoms. The Balaban J connectivity index is 0.00000180. The lowest BCUT2D eigenvalue weighted by Gasteiger charge is -2.20. The average Bonchev–Trinajstić information content (AvgIpc) is 3.20. The molecule has 5 rings (SSSR count). The summed E-state index contributed by atoms with van der Waals surface area (Å²) >= 11 is 1.94. The number of rotatable bonds is 0. The molecule has 3 heteroatoms. The van der Waals surface area contributed by atoms with Crippen LogP contribution in [0.5, 0.6) is 0 Å². The first-order valence-corrected chi connectivity index (χ1v) is 10.1. The number of benzene rings is 2. The van der Waals surface area contributed by atoms with Crippen molar-refractivity contribution >= 4 is 32.5 Å². The normalized spacial score (nSPS) is 14.5. The molecule has 0 atom stereocenters. The van der Waals surface area contributed by atoms with Crippen molar-refractivity contribution in [1.29, 1.82) is 0 Å². The van der Waals surface area contributed by atoms with E-state index in [1.807, 2.05) is 11.3 Å². The molecule has 1 aliphatic rings. The van der Waals surface area contributed by atoms with E-state index in [9.17, 15) is 0 Å². The van der Waals surface area contributed by atoms with Crippen LogP contribution in [0.3, 0.4) is 0 Å². The Kier molecular flexibility index (Phi) is 3.68. The van der Waals surface area contributed by atoms with Crippen molar-refractivity contribution in [2.45, 2.75) is 54.5 Å². The van der Waals surface area contributed by atoms with Crippen LogP contribution in [0, 0.1) is 27.7 Å². The highest BCUT2D eigenvalue weighted by Gasteiger charge is 2.49. The predicted octanol–water partition coefficient (Wildman–Crippen LogP) is 6.31. The van der Waals surface area contributed by atoms with E-state index in [0.717, 1.165) is 0 Å². The van der Waals surface area contributed by atoms with Gasteiger partial charge in [-0.3, -0.25) is 0 Å². The predicted molar refractivity (Wildman–Crippen MR) is 118 cm³/mol. The summed E-state index contributed by atoms with van der Waals surface area (Å²) in [6.45, 7) is 13.9. The van der Waals surface area contributed by atoms with E-state index < -0.39 is 0 Å². The van der Waals surface area contributed by atoms with Crippen molar-refractivity contribution < 1.29 is 4.57 Å². The molecule has 2 aromatic carbocycles. The second kappa shape index (κ2) is 5.45. The molecule has 0 radical (unpaired) electrons. The summed E-state index contributed by atoms with van der Waals surface area (Å²) in [7, 11) is 2.24. The monoisotopic (exact) mass is 377 g/mol. The molecule has 4 aromatic rings. The van der Waals surface area contributed by atoms with Crippen LogP contribution in [0.4, 0.5) is 0 Å². The van der Waals surface area contributed by atoms with Crippen molar-refractivity contribution in [3.63, 3.8) is 0 Å². The Bertz CT molecular complexity index is 1250. The Morgan fingerprint density at radius 3 is 2.26 bits per heavy atom. The number of hydrogen-bond donors (Lipinski definition) is 0. The standard InChI is InChI=1S/C23H25N2S.CH4/c1-12-13(2)15(4)20-19(14(12)3)24(7)22-21-18(23(5,6)25(20)22)16-10-8-9-11-17(16)26-21;/h8-11H,1-7H3;1H4/q+1;. The van der Waals surface area contributed by atoms with Gasteiger partial charge < -0.3 is 0 Å². The van der Waals surface area contributed by atoms with E-state index in [1.54, 1.807) is 0 Å². The van der Waals surface area contributed by atoms with Gasteiger partial charge in [-0.2, -0.15) is 0 Å². The number of aromatic nitrogens is 2. The van der Waals surface area contributed by atoms with Crippen LogP contribution in [0.15, 0.2) is 24.3 Å². The highest BCUT2D eigenvalue weighted by molar-refractivity contribution is 7.22. The van der Waals surface area contributed by atoms with Crippen LogP contribution < -0.4 is 4.57 Å². The molecule has 140 valence electrons. The summed E-state index contributed by atoms with van der Waals surface area (Å²) in [5.41, 5.74) is 9.89. The van der Waals surface area contributed by atoms with Crippen LogP contribution in [0.1, 0.15) is 49.1 Å². The molecule has 0 N–H and O–H groups in total. The quantitative estimate of drug-likeness (QED) is 0.317. The van der Waals surface area contributed by atoms with Gasteiger partial charge in [-0.15, -0.1) is 11.3 Å². The first kappa shape index (κ1) is 18.2. The molecule has 2 aromatic heterocycles. The summed E-state index contributed by atoms with van der Waals surface area (Å²) in [6, 6.07) is 8.86. The second-order valence-electron chi connectivity index (χ2n) is 8.28. The molecular formula is C24H29N2S+. The van der Waals surface area contributed by atoms with E-state index in [0.29, 0.717) is 0 Å². The lowest BCUT2D eigenvalue weighted by molar-refractivity contribution is -0.634. The Hall–Kier alpha value is -2.13.